The molecule has 0 spiro atoms. The van der Waals surface area contributed by atoms with Gasteiger partial charge in [-0.05, 0) is 31.2 Å². The van der Waals surface area contributed by atoms with Crippen LogP contribution in [0.25, 0.3) is 0 Å². The molecule has 8 nitrogen and oxygen atoms in total. The predicted octanol–water partition coefficient (Wildman–Crippen LogP) is 1.21. The summed E-state index contributed by atoms with van der Waals surface area (Å²) >= 11 is 0. The van der Waals surface area contributed by atoms with Gasteiger partial charge in [0.1, 0.15) is 0 Å². The number of non-ortho nitro benzene ring substituents is 1. The van der Waals surface area contributed by atoms with Crippen molar-refractivity contribution in [2.24, 2.45) is 5.92 Å². The van der Waals surface area contributed by atoms with Gasteiger partial charge in [-0.3, -0.25) is 14.9 Å². The van der Waals surface area contributed by atoms with Crippen LogP contribution in [0.3, 0.4) is 0 Å². The molecule has 1 amide bonds. The number of benzene rings is 1. The molecule has 1 unspecified atom stereocenters. The van der Waals surface area contributed by atoms with Crippen molar-refractivity contribution in [2.45, 2.75) is 30.2 Å². The van der Waals surface area contributed by atoms with Gasteiger partial charge in [-0.15, -0.1) is 0 Å². The van der Waals surface area contributed by atoms with Crippen molar-refractivity contribution in [1.82, 2.24) is 10.2 Å². The van der Waals surface area contributed by atoms with Gasteiger partial charge in [-0.2, -0.15) is 0 Å². The van der Waals surface area contributed by atoms with Crippen LogP contribution < -0.4 is 5.32 Å². The zero-order valence-corrected chi connectivity index (χ0v) is 14.8. The number of rotatable bonds is 6. The van der Waals surface area contributed by atoms with E-state index in [0.717, 1.165) is 50.4 Å². The van der Waals surface area contributed by atoms with Crippen molar-refractivity contribution in [1.29, 1.82) is 0 Å². The van der Waals surface area contributed by atoms with Crippen molar-refractivity contribution in [3.05, 3.63) is 33.9 Å². The maximum Gasteiger partial charge on any atom is 0.271 e. The average molecular weight is 367 g/mol. The summed E-state index contributed by atoms with van der Waals surface area (Å²) < 4.78 is 23.4. The van der Waals surface area contributed by atoms with E-state index in [4.69, 9.17) is 0 Å². The fraction of sp³-hybridized carbons (Fsp3) is 0.562. The van der Waals surface area contributed by atoms with Crippen LogP contribution in [0.15, 0.2) is 23.1 Å². The van der Waals surface area contributed by atoms with E-state index in [0.29, 0.717) is 0 Å². The van der Waals surface area contributed by atoms with Crippen molar-refractivity contribution in [3.8, 4) is 0 Å². The summed E-state index contributed by atoms with van der Waals surface area (Å²) in [7, 11) is -3.65. The lowest BCUT2D eigenvalue weighted by Gasteiger charge is -2.16. The molecule has 2 fully saturated rings. The SMILES string of the molecule is CS(=O)(=O)c1cc(C(=O)NC2CCN(CC3CC3)C2)cc([N+](=O)[O-])c1. The van der Waals surface area contributed by atoms with E-state index in [1.54, 1.807) is 0 Å². The zero-order valence-electron chi connectivity index (χ0n) is 14.0. The molecule has 25 heavy (non-hydrogen) atoms. The summed E-state index contributed by atoms with van der Waals surface area (Å²) in [5, 5.41) is 13.9. The second-order valence-corrected chi connectivity index (χ2v) is 8.92. The lowest BCUT2D eigenvalue weighted by molar-refractivity contribution is -0.385. The van der Waals surface area contributed by atoms with Gasteiger partial charge in [-0.25, -0.2) is 8.42 Å². The third-order valence-electron chi connectivity index (χ3n) is 4.61. The minimum Gasteiger partial charge on any atom is -0.348 e. The molecule has 0 radical (unpaired) electrons. The quantitative estimate of drug-likeness (QED) is 0.598. The van der Waals surface area contributed by atoms with E-state index in [1.165, 1.54) is 18.9 Å². The summed E-state index contributed by atoms with van der Waals surface area (Å²) in [4.78, 5) is 24.9. The first kappa shape index (κ1) is 17.8. The molecule has 1 aliphatic heterocycles. The fourth-order valence-electron chi connectivity index (χ4n) is 3.08. The van der Waals surface area contributed by atoms with E-state index in [1.807, 2.05) is 0 Å². The van der Waals surface area contributed by atoms with E-state index < -0.39 is 26.4 Å². The van der Waals surface area contributed by atoms with Crippen LogP contribution in [-0.2, 0) is 9.84 Å². The van der Waals surface area contributed by atoms with Crippen molar-refractivity contribution in [2.75, 3.05) is 25.9 Å². The molecule has 2 aliphatic rings. The van der Waals surface area contributed by atoms with Crippen LogP contribution >= 0.6 is 0 Å². The largest absolute Gasteiger partial charge is 0.348 e. The first-order valence-corrected chi connectivity index (χ1v) is 10.1. The predicted molar refractivity (Wildman–Crippen MR) is 91.2 cm³/mol. The number of nitro benzene ring substituents is 1. The van der Waals surface area contributed by atoms with Gasteiger partial charge < -0.3 is 10.2 Å². The highest BCUT2D eigenvalue weighted by atomic mass is 32.2. The maximum absolute atomic E-state index is 12.4. The Morgan fingerprint density at radius 2 is 2.04 bits per heavy atom. The number of likely N-dealkylation sites (tertiary alicyclic amines) is 1. The Morgan fingerprint density at radius 3 is 2.64 bits per heavy atom. The number of hydrogen-bond donors (Lipinski definition) is 1. The Morgan fingerprint density at radius 1 is 1.32 bits per heavy atom. The highest BCUT2D eigenvalue weighted by Crippen LogP contribution is 2.30. The summed E-state index contributed by atoms with van der Waals surface area (Å²) in [5.74, 6) is 0.301. The second kappa shape index (κ2) is 6.72. The Hall–Kier alpha value is -2.00. The highest BCUT2D eigenvalue weighted by molar-refractivity contribution is 7.90. The van der Waals surface area contributed by atoms with Gasteiger partial charge in [0.25, 0.3) is 11.6 Å². The molecule has 9 heteroatoms. The first-order valence-electron chi connectivity index (χ1n) is 8.25. The third-order valence-corrected chi connectivity index (χ3v) is 5.71. The lowest BCUT2D eigenvalue weighted by atomic mass is 10.1. The van der Waals surface area contributed by atoms with Crippen LogP contribution in [0.5, 0.6) is 0 Å². The van der Waals surface area contributed by atoms with Gasteiger partial charge in [0.2, 0.25) is 0 Å². The number of amides is 1. The zero-order chi connectivity index (χ0) is 18.2. The Labute approximate surface area is 146 Å². The third kappa shape index (κ3) is 4.55. The Balaban J connectivity index is 1.72. The van der Waals surface area contributed by atoms with E-state index in [9.17, 15) is 23.3 Å². The van der Waals surface area contributed by atoms with E-state index in [-0.39, 0.29) is 16.5 Å². The molecule has 1 N–H and O–H groups in total. The van der Waals surface area contributed by atoms with Gasteiger partial charge in [0.05, 0.1) is 9.82 Å². The fourth-order valence-corrected chi connectivity index (χ4v) is 3.76. The normalized spacial score (nSPS) is 21.2. The van der Waals surface area contributed by atoms with Crippen LogP contribution in [0, 0.1) is 16.0 Å². The Kier molecular flexibility index (Phi) is 4.79. The number of nitrogens with zero attached hydrogens (tertiary/aromatic N) is 2. The number of carbonyl (C=O) groups is 1. The molecular weight excluding hydrogens is 346 g/mol. The molecule has 1 aromatic carbocycles. The highest BCUT2D eigenvalue weighted by Gasteiger charge is 2.30. The van der Waals surface area contributed by atoms with E-state index >= 15 is 0 Å². The summed E-state index contributed by atoms with van der Waals surface area (Å²) in [6.45, 7) is 2.74. The molecule has 0 aromatic heterocycles. The molecule has 136 valence electrons. The minimum atomic E-state index is -3.65. The summed E-state index contributed by atoms with van der Waals surface area (Å²) in [6, 6.07) is 3.25. The molecule has 1 aromatic rings. The number of carbonyl (C=O) groups excluding carboxylic acids is 1. The van der Waals surface area contributed by atoms with Gasteiger partial charge >= 0.3 is 0 Å². The molecule has 3 rings (SSSR count). The molecule has 1 atom stereocenters. The molecule has 0 bridgehead atoms. The van der Waals surface area contributed by atoms with Gasteiger partial charge in [0.15, 0.2) is 9.84 Å². The smallest absolute Gasteiger partial charge is 0.271 e. The number of sulfone groups is 1. The molecule has 1 saturated carbocycles. The molecule has 1 aliphatic carbocycles. The van der Waals surface area contributed by atoms with Crippen LogP contribution in [-0.4, -0.2) is 56.1 Å². The number of nitro groups is 1. The van der Waals surface area contributed by atoms with Gasteiger partial charge in [-0.1, -0.05) is 0 Å². The number of nitrogens with one attached hydrogen (secondary N) is 1. The van der Waals surface area contributed by atoms with Crippen molar-refractivity contribution >= 4 is 21.4 Å². The average Bonchev–Trinajstić information content (AvgIpc) is 3.24. The summed E-state index contributed by atoms with van der Waals surface area (Å²) in [5.41, 5.74) is -0.412. The first-order chi connectivity index (χ1) is 11.7. The molecule has 1 saturated heterocycles. The topological polar surface area (TPSA) is 110 Å². The number of hydrogen-bond acceptors (Lipinski definition) is 6. The van der Waals surface area contributed by atoms with Crippen molar-refractivity contribution in [3.63, 3.8) is 0 Å². The van der Waals surface area contributed by atoms with Crippen LogP contribution in [0.1, 0.15) is 29.6 Å². The second-order valence-electron chi connectivity index (χ2n) is 6.91. The lowest BCUT2D eigenvalue weighted by Crippen LogP contribution is -2.37. The standard InChI is InChI=1S/C16H21N3O5S/c1-25(23,24)15-7-12(6-14(8-15)19(21)22)16(20)17-13-4-5-18(10-13)9-11-2-3-11/h6-8,11,13H,2-5,9-10H2,1H3,(H,17,20). The minimum absolute atomic E-state index is 0.00438. The monoisotopic (exact) mass is 367 g/mol. The summed E-state index contributed by atoms with van der Waals surface area (Å²) in [6.07, 6.45) is 4.33. The maximum atomic E-state index is 12.4. The van der Waals surface area contributed by atoms with Crippen LogP contribution in [0.4, 0.5) is 5.69 Å². The van der Waals surface area contributed by atoms with Crippen LogP contribution in [0.2, 0.25) is 0 Å². The van der Waals surface area contributed by atoms with Crippen molar-refractivity contribution < 1.29 is 18.1 Å². The van der Waals surface area contributed by atoms with Gasteiger partial charge in [0, 0.05) is 49.6 Å². The Bertz CT molecular complexity index is 804. The molecule has 1 heterocycles. The molecular formula is C16H21N3O5S. The van der Waals surface area contributed by atoms with E-state index in [2.05, 4.69) is 10.2 Å².